The Kier molecular flexibility index (Phi) is 20.3. The maximum absolute atomic E-state index is 11.1. The molecule has 212 valence electrons. The van der Waals surface area contributed by atoms with Crippen LogP contribution in [0, 0.1) is 0 Å². The Morgan fingerprint density at radius 3 is 1.57 bits per heavy atom. The highest BCUT2D eigenvalue weighted by Crippen LogP contribution is 2.35. The van der Waals surface area contributed by atoms with Crippen LogP contribution in [0.4, 0.5) is 0 Å². The SMILES string of the molecule is CC(=O)N[C@@H]1[C@@H](O)[C@H](O)[C@@H](CO)O[C@@H]1CC(O)P(=O)([O-])[O-].CC[NH+](CC)CC.CC[NH+](CC)CC. The lowest BCUT2D eigenvalue weighted by molar-refractivity contribution is -0.894. The lowest BCUT2D eigenvalue weighted by atomic mass is 9.91. The van der Waals surface area contributed by atoms with E-state index in [0.717, 1.165) is 6.92 Å². The summed E-state index contributed by atoms with van der Waals surface area (Å²) in [4.78, 5) is 36.0. The molecule has 1 unspecified atom stereocenters. The highest BCUT2D eigenvalue weighted by Gasteiger charge is 2.45. The van der Waals surface area contributed by atoms with Crippen molar-refractivity contribution in [2.24, 2.45) is 0 Å². The Labute approximate surface area is 210 Å². The van der Waals surface area contributed by atoms with Gasteiger partial charge in [-0.05, 0) is 49.1 Å². The molecule has 0 aliphatic carbocycles. The molecule has 35 heavy (non-hydrogen) atoms. The second kappa shape index (κ2) is 19.5. The van der Waals surface area contributed by atoms with Crippen molar-refractivity contribution in [1.82, 2.24) is 5.32 Å². The quantitative estimate of drug-likeness (QED) is 0.129. The third-order valence-electron chi connectivity index (χ3n) is 6.21. The van der Waals surface area contributed by atoms with Gasteiger partial charge in [-0.25, -0.2) is 0 Å². The van der Waals surface area contributed by atoms with Gasteiger partial charge in [-0.2, -0.15) is 0 Å². The van der Waals surface area contributed by atoms with Gasteiger partial charge >= 0.3 is 0 Å². The molecule has 12 nitrogen and oxygen atoms in total. The van der Waals surface area contributed by atoms with Gasteiger partial charge < -0.3 is 54.6 Å². The van der Waals surface area contributed by atoms with E-state index in [-0.39, 0.29) is 0 Å². The Balaban J connectivity index is 0. The first-order chi connectivity index (χ1) is 16.3. The second-order valence-corrected chi connectivity index (χ2v) is 10.2. The Morgan fingerprint density at radius 1 is 0.914 bits per heavy atom. The monoisotopic (exact) mass is 531 g/mol. The minimum absolute atomic E-state index is 0.593. The van der Waals surface area contributed by atoms with E-state index in [1.165, 1.54) is 39.3 Å². The number of carbonyl (C=O) groups is 1. The van der Waals surface area contributed by atoms with Gasteiger partial charge in [0.2, 0.25) is 5.91 Å². The third-order valence-corrected chi connectivity index (χ3v) is 7.15. The molecule has 0 aromatic rings. The fourth-order valence-corrected chi connectivity index (χ4v) is 4.11. The van der Waals surface area contributed by atoms with Gasteiger partial charge in [0.05, 0.1) is 63.9 Å². The van der Waals surface area contributed by atoms with E-state index in [0.29, 0.717) is 0 Å². The molecule has 0 aromatic heterocycles. The molecule has 1 heterocycles. The number of quaternary nitrogens is 2. The van der Waals surface area contributed by atoms with Gasteiger partial charge in [0.25, 0.3) is 0 Å². The molecule has 0 saturated carbocycles. The van der Waals surface area contributed by atoms with Crippen LogP contribution in [0.3, 0.4) is 0 Å². The van der Waals surface area contributed by atoms with E-state index in [9.17, 15) is 34.5 Å². The Morgan fingerprint density at radius 2 is 1.31 bits per heavy atom. The third kappa shape index (κ3) is 14.6. The van der Waals surface area contributed by atoms with Gasteiger partial charge in [0, 0.05) is 13.3 Å². The molecule has 0 aromatic carbocycles. The minimum Gasteiger partial charge on any atom is -0.809 e. The zero-order valence-corrected chi connectivity index (χ0v) is 23.3. The summed E-state index contributed by atoms with van der Waals surface area (Å²) in [5.41, 5.74) is 0. The number of rotatable bonds is 11. The highest BCUT2D eigenvalue weighted by atomic mass is 31.2. The van der Waals surface area contributed by atoms with Crippen molar-refractivity contribution in [1.29, 1.82) is 0 Å². The molecule has 0 bridgehead atoms. The van der Waals surface area contributed by atoms with Gasteiger partial charge in [-0.1, -0.05) is 0 Å². The van der Waals surface area contributed by atoms with Crippen molar-refractivity contribution < 1.29 is 54.1 Å². The van der Waals surface area contributed by atoms with E-state index in [1.807, 2.05) is 0 Å². The molecule has 1 aliphatic rings. The fourth-order valence-electron chi connectivity index (χ4n) is 3.65. The van der Waals surface area contributed by atoms with Crippen LogP contribution in [0.2, 0.25) is 0 Å². The van der Waals surface area contributed by atoms with Crippen LogP contribution in [0.1, 0.15) is 54.9 Å². The van der Waals surface area contributed by atoms with Gasteiger partial charge in [0.15, 0.2) is 0 Å². The summed E-state index contributed by atoms with van der Waals surface area (Å²) >= 11 is 0. The van der Waals surface area contributed by atoms with Crippen LogP contribution in [0.5, 0.6) is 0 Å². The molecule has 1 amide bonds. The number of aliphatic hydroxyl groups excluding tert-OH is 4. The van der Waals surface area contributed by atoms with Gasteiger partial charge in [-0.15, -0.1) is 0 Å². The highest BCUT2D eigenvalue weighted by molar-refractivity contribution is 7.49. The molecule has 1 fully saturated rings. The number of hydrogen-bond donors (Lipinski definition) is 7. The summed E-state index contributed by atoms with van der Waals surface area (Å²) in [5.74, 6) is -2.87. The summed E-state index contributed by atoms with van der Waals surface area (Å²) in [5, 5.41) is 40.2. The van der Waals surface area contributed by atoms with E-state index in [2.05, 4.69) is 46.9 Å². The van der Waals surface area contributed by atoms with Crippen LogP contribution >= 0.6 is 7.60 Å². The van der Waals surface area contributed by atoms with E-state index >= 15 is 0 Å². The number of carbonyl (C=O) groups excluding carboxylic acids is 1. The maximum Gasteiger partial charge on any atom is 0.217 e. The first-order valence-electron chi connectivity index (χ1n) is 12.5. The van der Waals surface area contributed by atoms with E-state index in [1.54, 1.807) is 9.80 Å². The lowest BCUT2D eigenvalue weighted by Crippen LogP contribution is -3.11. The van der Waals surface area contributed by atoms with Crippen molar-refractivity contribution in [3.05, 3.63) is 0 Å². The smallest absolute Gasteiger partial charge is 0.217 e. The fraction of sp³-hybridized carbons (Fsp3) is 0.955. The van der Waals surface area contributed by atoms with Crippen LogP contribution < -0.4 is 24.9 Å². The predicted molar refractivity (Wildman–Crippen MR) is 129 cm³/mol. The molecule has 0 spiro atoms. The average molecular weight is 532 g/mol. The zero-order chi connectivity index (χ0) is 27.8. The van der Waals surface area contributed by atoms with Crippen LogP contribution in [-0.2, 0) is 14.1 Å². The normalized spacial score (nSPS) is 25.3. The summed E-state index contributed by atoms with van der Waals surface area (Å²) in [7, 11) is -5.29. The van der Waals surface area contributed by atoms with Crippen molar-refractivity contribution in [3.8, 4) is 0 Å². The minimum atomic E-state index is -5.29. The molecule has 1 saturated heterocycles. The van der Waals surface area contributed by atoms with E-state index < -0.39 is 62.8 Å². The predicted octanol–water partition coefficient (Wildman–Crippen LogP) is -4.54. The van der Waals surface area contributed by atoms with Crippen molar-refractivity contribution in [2.75, 3.05) is 45.9 Å². The summed E-state index contributed by atoms with van der Waals surface area (Å²) in [6.45, 7) is 21.4. The first kappa shape index (κ1) is 36.5. The van der Waals surface area contributed by atoms with Crippen molar-refractivity contribution in [3.63, 3.8) is 0 Å². The van der Waals surface area contributed by atoms with Gasteiger partial charge in [0.1, 0.15) is 18.3 Å². The summed E-state index contributed by atoms with van der Waals surface area (Å²) in [6.07, 6.45) is -6.30. The lowest BCUT2D eigenvalue weighted by Gasteiger charge is -2.45. The molecule has 7 N–H and O–H groups in total. The molecule has 0 radical (unpaired) electrons. The maximum atomic E-state index is 11.1. The second-order valence-electron chi connectivity index (χ2n) is 8.48. The summed E-state index contributed by atoms with van der Waals surface area (Å²) in [6, 6.07) is -1.23. The number of amides is 1. The molecule has 1 rings (SSSR count). The summed E-state index contributed by atoms with van der Waals surface area (Å²) < 4.78 is 15.9. The number of nitrogens with one attached hydrogen (secondary N) is 3. The van der Waals surface area contributed by atoms with Crippen LogP contribution in [0.15, 0.2) is 0 Å². The van der Waals surface area contributed by atoms with Crippen LogP contribution in [-0.4, -0.2) is 109 Å². The average Bonchev–Trinajstić information content (AvgIpc) is 2.81. The largest absolute Gasteiger partial charge is 0.809 e. The molecular weight excluding hydrogens is 481 g/mol. The topological polar surface area (TPSA) is 191 Å². The van der Waals surface area contributed by atoms with E-state index in [4.69, 9.17) is 9.84 Å². The van der Waals surface area contributed by atoms with Gasteiger partial charge in [-0.3, -0.25) is 4.79 Å². The number of aliphatic hydroxyl groups is 4. The number of ether oxygens (including phenoxy) is 1. The Hall–Kier alpha value is -0.660. The standard InChI is InChI=1S/C10H20NO9P.2C6H15N/c1-4(13)11-8-5(2-7(14)21(17,18)19)20-6(3-12)9(15)10(8)16;2*1-4-7(5-2)6-3/h5-10,12,14-16H,2-3H2,1H3,(H,11,13)(H2,17,18,19);2*4-6H2,1-3H3/t5-,6-,7?,8+,9-,10-;;/m1../s1. The molecule has 6 atom stereocenters. The van der Waals surface area contributed by atoms with Crippen molar-refractivity contribution >= 4 is 13.5 Å². The molecule has 13 heteroatoms. The first-order valence-corrected chi connectivity index (χ1v) is 14.1. The van der Waals surface area contributed by atoms with Crippen LogP contribution in [0.25, 0.3) is 0 Å². The molecule has 1 aliphatic heterocycles. The zero-order valence-electron chi connectivity index (χ0n) is 22.4. The molecular formula is C22H50N3O9P. The number of hydrogen-bond acceptors (Lipinski definition) is 9. The van der Waals surface area contributed by atoms with Crippen molar-refractivity contribution in [2.45, 2.75) is 91.2 Å². The Bertz CT molecular complexity index is 565.